The zero-order chi connectivity index (χ0) is 12.2. The zero-order valence-corrected chi connectivity index (χ0v) is 11.8. The zero-order valence-electron chi connectivity index (χ0n) is 11.8. The van der Waals surface area contributed by atoms with Crippen LogP contribution in [0.4, 0.5) is 0 Å². The molecule has 0 saturated heterocycles. The Labute approximate surface area is 102 Å². The van der Waals surface area contributed by atoms with E-state index in [0.717, 1.165) is 18.5 Å². The Balaban J connectivity index is 2.41. The lowest BCUT2D eigenvalue weighted by Gasteiger charge is -2.38. The molecule has 2 nitrogen and oxygen atoms in total. The summed E-state index contributed by atoms with van der Waals surface area (Å²) in [4.78, 5) is 2.59. The van der Waals surface area contributed by atoms with Gasteiger partial charge >= 0.3 is 0 Å². The van der Waals surface area contributed by atoms with Gasteiger partial charge in [0.1, 0.15) is 0 Å². The van der Waals surface area contributed by atoms with Gasteiger partial charge in [-0.25, -0.2) is 0 Å². The second kappa shape index (κ2) is 6.02. The van der Waals surface area contributed by atoms with Gasteiger partial charge in [0.15, 0.2) is 0 Å². The number of hydrogen-bond acceptors (Lipinski definition) is 2. The lowest BCUT2D eigenvalue weighted by molar-refractivity contribution is 0.116. The van der Waals surface area contributed by atoms with E-state index in [1.807, 2.05) is 7.05 Å². The predicted octanol–water partition coefficient (Wildman–Crippen LogP) is 2.74. The smallest absolute Gasteiger partial charge is 0.00949 e. The van der Waals surface area contributed by atoms with E-state index in [0.29, 0.717) is 5.41 Å². The fourth-order valence-electron chi connectivity index (χ4n) is 3.14. The molecule has 2 unspecified atom stereocenters. The summed E-state index contributed by atoms with van der Waals surface area (Å²) in [5.41, 5.74) is 0.379. The van der Waals surface area contributed by atoms with E-state index >= 15 is 0 Å². The largest absolute Gasteiger partial charge is 0.319 e. The van der Waals surface area contributed by atoms with Crippen LogP contribution in [0.5, 0.6) is 0 Å². The summed E-state index contributed by atoms with van der Waals surface area (Å²) < 4.78 is 0. The molecule has 1 rings (SSSR count). The molecule has 0 aromatic heterocycles. The highest BCUT2D eigenvalue weighted by molar-refractivity contribution is 4.81. The van der Waals surface area contributed by atoms with Crippen molar-refractivity contribution in [2.45, 2.75) is 52.5 Å². The van der Waals surface area contributed by atoms with E-state index in [-0.39, 0.29) is 0 Å². The summed E-state index contributed by atoms with van der Waals surface area (Å²) in [6.07, 6.45) is 5.65. The lowest BCUT2D eigenvalue weighted by atomic mass is 9.85. The molecule has 0 radical (unpaired) electrons. The fourth-order valence-corrected chi connectivity index (χ4v) is 3.14. The van der Waals surface area contributed by atoms with Crippen molar-refractivity contribution in [3.63, 3.8) is 0 Å². The summed E-state index contributed by atoms with van der Waals surface area (Å²) >= 11 is 0. The molecule has 1 aliphatic rings. The minimum absolute atomic E-state index is 0.379. The van der Waals surface area contributed by atoms with Crippen molar-refractivity contribution in [2.75, 3.05) is 27.2 Å². The van der Waals surface area contributed by atoms with Crippen molar-refractivity contribution >= 4 is 0 Å². The first-order valence-corrected chi connectivity index (χ1v) is 6.79. The Bertz CT molecular complexity index is 201. The van der Waals surface area contributed by atoms with Gasteiger partial charge in [-0.05, 0) is 38.3 Å². The van der Waals surface area contributed by atoms with Crippen molar-refractivity contribution in [2.24, 2.45) is 11.3 Å². The quantitative estimate of drug-likeness (QED) is 0.775. The second-order valence-corrected chi connectivity index (χ2v) is 6.54. The molecular weight excluding hydrogens is 196 g/mol. The van der Waals surface area contributed by atoms with Crippen molar-refractivity contribution in [3.8, 4) is 0 Å². The van der Waals surface area contributed by atoms with Crippen LogP contribution in [-0.2, 0) is 0 Å². The summed E-state index contributed by atoms with van der Waals surface area (Å²) in [6, 6.07) is 0.819. The summed E-state index contributed by atoms with van der Waals surface area (Å²) in [6.45, 7) is 9.40. The molecule has 1 aliphatic carbocycles. The molecule has 16 heavy (non-hydrogen) atoms. The molecule has 2 atom stereocenters. The first-order chi connectivity index (χ1) is 7.44. The van der Waals surface area contributed by atoms with Gasteiger partial charge in [0.05, 0.1) is 0 Å². The summed E-state index contributed by atoms with van der Waals surface area (Å²) in [7, 11) is 4.35. The van der Waals surface area contributed by atoms with Crippen LogP contribution in [-0.4, -0.2) is 38.1 Å². The van der Waals surface area contributed by atoms with Crippen LogP contribution in [0.2, 0.25) is 0 Å². The molecule has 0 amide bonds. The van der Waals surface area contributed by atoms with Gasteiger partial charge in [0, 0.05) is 19.1 Å². The lowest BCUT2D eigenvalue weighted by Crippen LogP contribution is -2.44. The van der Waals surface area contributed by atoms with Crippen molar-refractivity contribution in [1.29, 1.82) is 0 Å². The molecule has 0 heterocycles. The Morgan fingerprint density at radius 2 is 2.00 bits per heavy atom. The molecule has 0 spiro atoms. The van der Waals surface area contributed by atoms with Crippen LogP contribution in [0.1, 0.15) is 46.5 Å². The van der Waals surface area contributed by atoms with Gasteiger partial charge in [-0.3, -0.25) is 0 Å². The van der Waals surface area contributed by atoms with E-state index in [9.17, 15) is 0 Å². The van der Waals surface area contributed by atoms with Crippen LogP contribution in [0.3, 0.4) is 0 Å². The highest BCUT2D eigenvalue weighted by atomic mass is 15.1. The molecular formula is C14H30N2. The first kappa shape index (κ1) is 14.0. The van der Waals surface area contributed by atoms with Gasteiger partial charge in [-0.15, -0.1) is 0 Å². The van der Waals surface area contributed by atoms with Gasteiger partial charge in [-0.1, -0.05) is 33.6 Å². The summed E-state index contributed by atoms with van der Waals surface area (Å²) in [5.74, 6) is 0.925. The third-order valence-electron chi connectivity index (χ3n) is 3.86. The molecule has 1 saturated carbocycles. The Hall–Kier alpha value is -0.0800. The van der Waals surface area contributed by atoms with Crippen LogP contribution in [0.25, 0.3) is 0 Å². The molecule has 0 bridgehead atoms. The van der Waals surface area contributed by atoms with Gasteiger partial charge in [-0.2, -0.15) is 0 Å². The number of hydrogen-bond donors (Lipinski definition) is 1. The average Bonchev–Trinajstić information content (AvgIpc) is 2.16. The highest BCUT2D eigenvalue weighted by Gasteiger charge is 2.26. The molecule has 0 aromatic rings. The monoisotopic (exact) mass is 226 g/mol. The molecule has 2 heteroatoms. The van der Waals surface area contributed by atoms with E-state index in [2.05, 4.69) is 38.0 Å². The van der Waals surface area contributed by atoms with E-state index in [1.54, 1.807) is 0 Å². The van der Waals surface area contributed by atoms with Crippen LogP contribution >= 0.6 is 0 Å². The fraction of sp³-hybridized carbons (Fsp3) is 1.00. The predicted molar refractivity (Wildman–Crippen MR) is 71.8 cm³/mol. The highest BCUT2D eigenvalue weighted by Crippen LogP contribution is 2.28. The number of nitrogens with one attached hydrogen (secondary N) is 1. The standard InChI is InChI=1S/C14H30N2/c1-12-7-6-8-13(9-12)16(5)11-14(2,3)10-15-4/h12-13,15H,6-11H2,1-5H3. The Morgan fingerprint density at radius 3 is 2.56 bits per heavy atom. The van der Waals surface area contributed by atoms with E-state index in [1.165, 1.54) is 32.2 Å². The Morgan fingerprint density at radius 1 is 1.31 bits per heavy atom. The van der Waals surface area contributed by atoms with Crippen LogP contribution < -0.4 is 5.32 Å². The maximum atomic E-state index is 3.30. The minimum atomic E-state index is 0.379. The van der Waals surface area contributed by atoms with Crippen molar-refractivity contribution in [1.82, 2.24) is 10.2 Å². The second-order valence-electron chi connectivity index (χ2n) is 6.54. The van der Waals surface area contributed by atoms with Gasteiger partial charge in [0.2, 0.25) is 0 Å². The van der Waals surface area contributed by atoms with Crippen LogP contribution in [0, 0.1) is 11.3 Å². The van der Waals surface area contributed by atoms with Gasteiger partial charge in [0.25, 0.3) is 0 Å². The molecule has 1 fully saturated rings. The van der Waals surface area contributed by atoms with E-state index < -0.39 is 0 Å². The normalized spacial score (nSPS) is 27.4. The maximum Gasteiger partial charge on any atom is 0.00949 e. The third-order valence-corrected chi connectivity index (χ3v) is 3.86. The van der Waals surface area contributed by atoms with Crippen molar-refractivity contribution < 1.29 is 0 Å². The minimum Gasteiger partial charge on any atom is -0.319 e. The molecule has 0 aliphatic heterocycles. The SMILES string of the molecule is CNCC(C)(C)CN(C)C1CCCC(C)C1. The molecule has 0 aromatic carbocycles. The number of nitrogens with zero attached hydrogens (tertiary/aromatic N) is 1. The number of rotatable bonds is 5. The first-order valence-electron chi connectivity index (χ1n) is 6.79. The van der Waals surface area contributed by atoms with E-state index in [4.69, 9.17) is 0 Å². The Kier molecular flexibility index (Phi) is 5.26. The van der Waals surface area contributed by atoms with Crippen molar-refractivity contribution in [3.05, 3.63) is 0 Å². The molecule has 96 valence electrons. The molecule has 1 N–H and O–H groups in total. The topological polar surface area (TPSA) is 15.3 Å². The third kappa shape index (κ3) is 4.42. The van der Waals surface area contributed by atoms with Gasteiger partial charge < -0.3 is 10.2 Å². The maximum absolute atomic E-state index is 3.30. The average molecular weight is 226 g/mol. The summed E-state index contributed by atoms with van der Waals surface area (Å²) in [5, 5.41) is 3.30. The van der Waals surface area contributed by atoms with Crippen LogP contribution in [0.15, 0.2) is 0 Å².